The fourth-order valence-electron chi connectivity index (χ4n) is 2.26. The van der Waals surface area contributed by atoms with Crippen LogP contribution in [0.3, 0.4) is 0 Å². The van der Waals surface area contributed by atoms with Crippen molar-refractivity contribution in [1.29, 1.82) is 0 Å². The molecule has 7 heteroatoms. The Hall–Kier alpha value is -3.09. The van der Waals surface area contributed by atoms with Crippen LogP contribution in [-0.2, 0) is 20.9 Å². The summed E-state index contributed by atoms with van der Waals surface area (Å²) in [6.07, 6.45) is -0.135. The number of hydrogen-bond donors (Lipinski definition) is 1. The third-order valence-corrected chi connectivity index (χ3v) is 3.71. The number of rotatable bonds is 10. The molecule has 2 aromatic rings. The summed E-state index contributed by atoms with van der Waals surface area (Å²) in [6.45, 7) is 3.86. The summed E-state index contributed by atoms with van der Waals surface area (Å²) < 4.78 is 29.0. The Balaban J connectivity index is 1.77. The number of hydrogen-bond acceptors (Lipinski definition) is 5. The first kappa shape index (κ1) is 21.2. The van der Waals surface area contributed by atoms with Gasteiger partial charge in [-0.2, -0.15) is 0 Å². The summed E-state index contributed by atoms with van der Waals surface area (Å²) in [5.74, 6) is -0.498. The molecule has 1 N–H and O–H groups in total. The third-order valence-electron chi connectivity index (χ3n) is 3.71. The topological polar surface area (TPSA) is 73.9 Å². The van der Waals surface area contributed by atoms with E-state index in [9.17, 15) is 14.0 Å². The van der Waals surface area contributed by atoms with Crippen LogP contribution in [0.1, 0.15) is 25.8 Å². The van der Waals surface area contributed by atoms with E-state index in [1.807, 2.05) is 13.0 Å². The van der Waals surface area contributed by atoms with Crippen molar-refractivity contribution >= 4 is 11.9 Å². The highest BCUT2D eigenvalue weighted by Crippen LogP contribution is 2.26. The number of carbonyl (C=O) groups is 2. The number of amides is 1. The van der Waals surface area contributed by atoms with Gasteiger partial charge in [-0.15, -0.1) is 0 Å². The van der Waals surface area contributed by atoms with Gasteiger partial charge in [-0.25, -0.2) is 9.18 Å². The van der Waals surface area contributed by atoms with Crippen LogP contribution in [0, 0.1) is 5.82 Å². The second kappa shape index (κ2) is 10.9. The monoisotopic (exact) mass is 389 g/mol. The van der Waals surface area contributed by atoms with Crippen LogP contribution in [0.2, 0.25) is 0 Å². The van der Waals surface area contributed by atoms with E-state index >= 15 is 0 Å². The van der Waals surface area contributed by atoms with Crippen LogP contribution in [0.4, 0.5) is 4.39 Å². The summed E-state index contributed by atoms with van der Waals surface area (Å²) in [5, 5.41) is 2.63. The maximum Gasteiger partial charge on any atom is 0.344 e. The zero-order valence-electron chi connectivity index (χ0n) is 15.9. The molecule has 0 aliphatic rings. The van der Waals surface area contributed by atoms with E-state index in [1.54, 1.807) is 30.3 Å². The number of para-hydroxylation sites is 2. The summed E-state index contributed by atoms with van der Waals surface area (Å²) in [7, 11) is 0. The molecule has 0 radical (unpaired) electrons. The Kier molecular flexibility index (Phi) is 8.27. The van der Waals surface area contributed by atoms with E-state index in [2.05, 4.69) is 5.32 Å². The second-order valence-corrected chi connectivity index (χ2v) is 6.06. The van der Waals surface area contributed by atoms with Gasteiger partial charge in [-0.05, 0) is 43.2 Å². The number of carbonyl (C=O) groups excluding carboxylic acids is 2. The van der Waals surface area contributed by atoms with Crippen molar-refractivity contribution in [1.82, 2.24) is 5.32 Å². The summed E-state index contributed by atoms with van der Waals surface area (Å²) in [5.41, 5.74) is 0.736. The van der Waals surface area contributed by atoms with E-state index in [4.69, 9.17) is 14.2 Å². The quantitative estimate of drug-likeness (QED) is 0.632. The Bertz CT molecular complexity index is 779. The molecule has 150 valence electrons. The van der Waals surface area contributed by atoms with Crippen molar-refractivity contribution in [2.24, 2.45) is 0 Å². The Morgan fingerprint density at radius 1 is 1.04 bits per heavy atom. The van der Waals surface area contributed by atoms with Crippen LogP contribution in [-0.4, -0.2) is 31.2 Å². The number of halogens is 1. The average Bonchev–Trinajstić information content (AvgIpc) is 2.70. The minimum atomic E-state index is -0.983. The Morgan fingerprint density at radius 3 is 2.32 bits per heavy atom. The maximum absolute atomic E-state index is 12.9. The van der Waals surface area contributed by atoms with E-state index < -0.39 is 18.0 Å². The van der Waals surface area contributed by atoms with E-state index in [0.717, 1.165) is 12.0 Å². The fourth-order valence-corrected chi connectivity index (χ4v) is 2.26. The molecule has 0 unspecified atom stereocenters. The lowest BCUT2D eigenvalue weighted by molar-refractivity contribution is -0.156. The molecule has 0 saturated heterocycles. The molecule has 2 rings (SSSR count). The van der Waals surface area contributed by atoms with Crippen LogP contribution in [0.5, 0.6) is 11.5 Å². The van der Waals surface area contributed by atoms with Gasteiger partial charge in [-0.1, -0.05) is 31.2 Å². The Morgan fingerprint density at radius 2 is 1.68 bits per heavy atom. The highest BCUT2D eigenvalue weighted by molar-refractivity contribution is 5.83. The summed E-state index contributed by atoms with van der Waals surface area (Å²) >= 11 is 0. The predicted molar refractivity (Wildman–Crippen MR) is 102 cm³/mol. The van der Waals surface area contributed by atoms with Gasteiger partial charge in [0.2, 0.25) is 0 Å². The van der Waals surface area contributed by atoms with Gasteiger partial charge < -0.3 is 19.5 Å². The number of benzene rings is 2. The standard InChI is InChI=1S/C21H24FNO5/c1-3-12-26-18-6-4-5-7-19(18)27-14-20(24)28-15(2)21(25)23-13-16-8-10-17(22)11-9-16/h4-11,15H,3,12-14H2,1-2H3,(H,23,25)/t15-/m1/s1. The molecule has 6 nitrogen and oxygen atoms in total. The minimum absolute atomic E-state index is 0.208. The van der Waals surface area contributed by atoms with Crippen LogP contribution in [0.25, 0.3) is 0 Å². The molecule has 28 heavy (non-hydrogen) atoms. The summed E-state index contributed by atoms with van der Waals surface area (Å²) in [6, 6.07) is 12.8. The van der Waals surface area contributed by atoms with Crippen LogP contribution < -0.4 is 14.8 Å². The lowest BCUT2D eigenvalue weighted by atomic mass is 10.2. The van der Waals surface area contributed by atoms with Crippen molar-refractivity contribution in [3.8, 4) is 11.5 Å². The van der Waals surface area contributed by atoms with Gasteiger partial charge in [0.25, 0.3) is 5.91 Å². The number of nitrogens with one attached hydrogen (secondary N) is 1. The second-order valence-electron chi connectivity index (χ2n) is 6.06. The molecule has 1 amide bonds. The lowest BCUT2D eigenvalue weighted by Gasteiger charge is -2.15. The van der Waals surface area contributed by atoms with Crippen molar-refractivity contribution < 1.29 is 28.2 Å². The van der Waals surface area contributed by atoms with Crippen molar-refractivity contribution in [3.05, 3.63) is 59.9 Å². The first-order valence-corrected chi connectivity index (χ1v) is 9.06. The highest BCUT2D eigenvalue weighted by atomic mass is 19.1. The smallest absolute Gasteiger partial charge is 0.344 e. The SMILES string of the molecule is CCCOc1ccccc1OCC(=O)O[C@H](C)C(=O)NCc1ccc(F)cc1. The zero-order chi connectivity index (χ0) is 20.4. The molecule has 0 bridgehead atoms. The molecule has 1 atom stereocenters. The van der Waals surface area contributed by atoms with Crippen molar-refractivity contribution in [2.45, 2.75) is 32.9 Å². The van der Waals surface area contributed by atoms with Crippen LogP contribution in [0.15, 0.2) is 48.5 Å². The molecule has 0 spiro atoms. The summed E-state index contributed by atoms with van der Waals surface area (Å²) in [4.78, 5) is 24.0. The third kappa shape index (κ3) is 6.90. The normalized spacial score (nSPS) is 11.4. The minimum Gasteiger partial charge on any atom is -0.490 e. The van der Waals surface area contributed by atoms with Crippen molar-refractivity contribution in [2.75, 3.05) is 13.2 Å². The van der Waals surface area contributed by atoms with Gasteiger partial charge in [0, 0.05) is 6.54 Å². The molecule has 0 heterocycles. The van der Waals surface area contributed by atoms with E-state index in [0.29, 0.717) is 18.1 Å². The number of esters is 1. The van der Waals surface area contributed by atoms with Crippen molar-refractivity contribution in [3.63, 3.8) is 0 Å². The molecule has 0 aliphatic carbocycles. The van der Waals surface area contributed by atoms with Gasteiger partial charge in [-0.3, -0.25) is 4.79 Å². The Labute approximate surface area is 163 Å². The van der Waals surface area contributed by atoms with E-state index in [-0.39, 0.29) is 19.0 Å². The fraction of sp³-hybridized carbons (Fsp3) is 0.333. The van der Waals surface area contributed by atoms with Gasteiger partial charge in [0.05, 0.1) is 6.61 Å². The highest BCUT2D eigenvalue weighted by Gasteiger charge is 2.18. The molecular formula is C21H24FNO5. The first-order chi connectivity index (χ1) is 13.5. The van der Waals surface area contributed by atoms with Gasteiger partial charge >= 0.3 is 5.97 Å². The first-order valence-electron chi connectivity index (χ1n) is 9.06. The lowest BCUT2D eigenvalue weighted by Crippen LogP contribution is -2.36. The molecular weight excluding hydrogens is 365 g/mol. The molecule has 2 aromatic carbocycles. The zero-order valence-corrected chi connectivity index (χ0v) is 15.9. The average molecular weight is 389 g/mol. The molecule has 0 fully saturated rings. The maximum atomic E-state index is 12.9. The predicted octanol–water partition coefficient (Wildman–Crippen LogP) is 3.24. The molecule has 0 aromatic heterocycles. The van der Waals surface area contributed by atoms with Gasteiger partial charge in [0.1, 0.15) is 5.82 Å². The molecule has 0 aliphatic heterocycles. The van der Waals surface area contributed by atoms with E-state index in [1.165, 1.54) is 19.1 Å². The number of ether oxygens (including phenoxy) is 3. The largest absolute Gasteiger partial charge is 0.490 e. The van der Waals surface area contributed by atoms with Crippen LogP contribution >= 0.6 is 0 Å². The van der Waals surface area contributed by atoms with Gasteiger partial charge in [0.15, 0.2) is 24.2 Å². The molecule has 0 saturated carbocycles.